The molecule has 5 nitrogen and oxygen atoms in total. The van der Waals surface area contributed by atoms with Gasteiger partial charge in [-0.1, -0.05) is 0 Å². The Balaban J connectivity index is 0. The van der Waals surface area contributed by atoms with E-state index in [0.717, 1.165) is 0 Å². The van der Waals surface area contributed by atoms with Crippen LogP contribution in [0.15, 0.2) is 29.6 Å². The standard InChI is InChI=1S/C5H4N2O.2H2O/c8-5-3-6-1-2-7-4-5;;/h1-4H;2*1H2. The predicted octanol–water partition coefficient (Wildman–Crippen LogP) is -1.81. The van der Waals surface area contributed by atoms with Gasteiger partial charge in [-0.15, -0.1) is 0 Å². The van der Waals surface area contributed by atoms with Crippen molar-refractivity contribution in [2.75, 3.05) is 0 Å². The predicted molar refractivity (Wildman–Crippen MR) is 35.5 cm³/mol. The molecule has 0 saturated heterocycles. The Bertz CT molecular complexity index is 206. The summed E-state index contributed by atoms with van der Waals surface area (Å²) in [6.07, 6.45) is 5.35. The maximum absolute atomic E-state index is 10.3. The molecule has 0 fully saturated rings. The molecule has 0 aliphatic heterocycles. The maximum atomic E-state index is 10.3. The number of rotatable bonds is 0. The van der Waals surface area contributed by atoms with Crippen molar-refractivity contribution in [2.45, 2.75) is 0 Å². The van der Waals surface area contributed by atoms with Crippen LogP contribution in [0.25, 0.3) is 0 Å². The topological polar surface area (TPSA) is 106 Å². The maximum Gasteiger partial charge on any atom is 0.214 e. The normalized spacial score (nSPS) is 6.80. The first kappa shape index (κ1) is 11.5. The molecule has 1 heterocycles. The van der Waals surface area contributed by atoms with Gasteiger partial charge in [0.15, 0.2) is 0 Å². The fourth-order valence-corrected chi connectivity index (χ4v) is 0.343. The minimum atomic E-state index is -0.171. The summed E-state index contributed by atoms with van der Waals surface area (Å²) < 4.78 is 0. The van der Waals surface area contributed by atoms with Crippen molar-refractivity contribution in [1.82, 2.24) is 9.97 Å². The molecule has 0 amide bonds. The number of hydrogen-bond acceptors (Lipinski definition) is 3. The van der Waals surface area contributed by atoms with E-state index >= 15 is 0 Å². The summed E-state index contributed by atoms with van der Waals surface area (Å²) in [5.41, 5.74) is -0.171. The zero-order valence-electron chi connectivity index (χ0n) is 5.11. The summed E-state index contributed by atoms with van der Waals surface area (Å²) in [6, 6.07) is 0. The second-order valence-electron chi connectivity index (χ2n) is 1.26. The van der Waals surface area contributed by atoms with Gasteiger partial charge in [0, 0.05) is 12.4 Å². The third-order valence-electron chi connectivity index (χ3n) is 0.642. The van der Waals surface area contributed by atoms with Crippen LogP contribution in [0.1, 0.15) is 0 Å². The van der Waals surface area contributed by atoms with Crippen LogP contribution in [-0.4, -0.2) is 20.9 Å². The van der Waals surface area contributed by atoms with Crippen LogP contribution < -0.4 is 5.43 Å². The Hall–Kier alpha value is -1.33. The molecule has 1 rings (SSSR count). The van der Waals surface area contributed by atoms with Gasteiger partial charge in [0.1, 0.15) is 0 Å². The highest BCUT2D eigenvalue weighted by atomic mass is 16.1. The van der Waals surface area contributed by atoms with E-state index in [1.165, 1.54) is 24.8 Å². The average Bonchev–Trinajstić information content (AvgIpc) is 1.94. The highest BCUT2D eigenvalue weighted by Gasteiger charge is 1.71. The molecule has 0 atom stereocenters. The van der Waals surface area contributed by atoms with E-state index < -0.39 is 0 Å². The van der Waals surface area contributed by atoms with Gasteiger partial charge in [-0.3, -0.25) is 14.8 Å². The molecule has 0 unspecified atom stereocenters. The quantitative estimate of drug-likeness (QED) is 0.428. The van der Waals surface area contributed by atoms with Gasteiger partial charge in [0.05, 0.1) is 12.4 Å². The number of aromatic nitrogens is 2. The van der Waals surface area contributed by atoms with E-state index in [1.807, 2.05) is 0 Å². The van der Waals surface area contributed by atoms with E-state index in [1.54, 1.807) is 0 Å². The summed E-state index contributed by atoms with van der Waals surface area (Å²) in [5, 5.41) is 0. The molecule has 0 aliphatic carbocycles. The third-order valence-corrected chi connectivity index (χ3v) is 0.642. The zero-order chi connectivity index (χ0) is 5.82. The molecule has 56 valence electrons. The van der Waals surface area contributed by atoms with Gasteiger partial charge in [0.25, 0.3) is 0 Å². The van der Waals surface area contributed by atoms with E-state index in [2.05, 4.69) is 9.97 Å². The Morgan fingerprint density at radius 1 is 1.00 bits per heavy atom. The summed E-state index contributed by atoms with van der Waals surface area (Å²) in [7, 11) is 0. The lowest BCUT2D eigenvalue weighted by molar-refractivity contribution is 0.823. The lowest BCUT2D eigenvalue weighted by atomic mass is 10.7. The molecule has 0 aromatic carbocycles. The van der Waals surface area contributed by atoms with E-state index in [9.17, 15) is 4.79 Å². The summed E-state index contributed by atoms with van der Waals surface area (Å²) >= 11 is 0. The van der Waals surface area contributed by atoms with Crippen molar-refractivity contribution in [3.63, 3.8) is 0 Å². The molecule has 5 heteroatoms. The van der Waals surface area contributed by atoms with Crippen LogP contribution in [0.2, 0.25) is 0 Å². The van der Waals surface area contributed by atoms with Crippen molar-refractivity contribution in [3.8, 4) is 0 Å². The van der Waals surface area contributed by atoms with Gasteiger partial charge in [0.2, 0.25) is 5.43 Å². The molecule has 0 bridgehead atoms. The minimum Gasteiger partial charge on any atom is -0.412 e. The van der Waals surface area contributed by atoms with Gasteiger partial charge in [-0.2, -0.15) is 0 Å². The number of nitrogens with zero attached hydrogens (tertiary/aromatic N) is 2. The molecule has 0 saturated carbocycles. The average molecular weight is 144 g/mol. The van der Waals surface area contributed by atoms with Gasteiger partial charge >= 0.3 is 0 Å². The van der Waals surface area contributed by atoms with Gasteiger partial charge in [-0.05, 0) is 0 Å². The van der Waals surface area contributed by atoms with Crippen molar-refractivity contribution in [3.05, 3.63) is 35.0 Å². The zero-order valence-corrected chi connectivity index (χ0v) is 5.11. The van der Waals surface area contributed by atoms with E-state index in [-0.39, 0.29) is 16.4 Å². The fourth-order valence-electron chi connectivity index (χ4n) is 0.343. The second-order valence-corrected chi connectivity index (χ2v) is 1.26. The second kappa shape index (κ2) is 5.80. The first-order chi connectivity index (χ1) is 3.89. The summed E-state index contributed by atoms with van der Waals surface area (Å²) in [4.78, 5) is 17.5. The molecule has 0 spiro atoms. The van der Waals surface area contributed by atoms with Crippen LogP contribution in [0.5, 0.6) is 0 Å². The molecular formula is C5H8N2O3. The largest absolute Gasteiger partial charge is 0.412 e. The van der Waals surface area contributed by atoms with E-state index in [0.29, 0.717) is 0 Å². The van der Waals surface area contributed by atoms with Gasteiger partial charge in [-0.25, -0.2) is 0 Å². The number of hydrogen-bond donors (Lipinski definition) is 0. The van der Waals surface area contributed by atoms with Crippen LogP contribution in [0.3, 0.4) is 0 Å². The smallest absolute Gasteiger partial charge is 0.214 e. The van der Waals surface area contributed by atoms with Crippen LogP contribution in [-0.2, 0) is 0 Å². The molecule has 10 heavy (non-hydrogen) atoms. The van der Waals surface area contributed by atoms with Crippen LogP contribution in [0, 0.1) is 0 Å². The molecule has 4 N–H and O–H groups in total. The Labute approximate surface area is 57.0 Å². The lowest BCUT2D eigenvalue weighted by Gasteiger charge is -1.55. The highest BCUT2D eigenvalue weighted by molar-refractivity contribution is 4.79. The summed E-state index contributed by atoms with van der Waals surface area (Å²) in [6.45, 7) is 0. The Morgan fingerprint density at radius 3 is 1.80 bits per heavy atom. The SMILES string of the molecule is O.O.O=c1cnccnc1. The van der Waals surface area contributed by atoms with Crippen molar-refractivity contribution >= 4 is 0 Å². The van der Waals surface area contributed by atoms with Crippen molar-refractivity contribution in [1.29, 1.82) is 0 Å². The fraction of sp³-hybridized carbons (Fsp3) is 0. The first-order valence-electron chi connectivity index (χ1n) is 2.15. The van der Waals surface area contributed by atoms with Gasteiger partial charge < -0.3 is 11.0 Å². The molecular weight excluding hydrogens is 136 g/mol. The Kier molecular flexibility index (Phi) is 6.65. The Morgan fingerprint density at radius 2 is 1.40 bits per heavy atom. The molecule has 1 aromatic heterocycles. The van der Waals surface area contributed by atoms with Crippen molar-refractivity contribution in [2.24, 2.45) is 0 Å². The minimum absolute atomic E-state index is 0. The molecule has 0 radical (unpaired) electrons. The third kappa shape index (κ3) is 3.65. The lowest BCUT2D eigenvalue weighted by Crippen LogP contribution is -1.91. The monoisotopic (exact) mass is 144 g/mol. The van der Waals surface area contributed by atoms with E-state index in [4.69, 9.17) is 0 Å². The first-order valence-corrected chi connectivity index (χ1v) is 2.15. The van der Waals surface area contributed by atoms with Crippen LogP contribution >= 0.6 is 0 Å². The molecule has 1 aromatic rings. The highest BCUT2D eigenvalue weighted by Crippen LogP contribution is 1.60. The van der Waals surface area contributed by atoms with Crippen molar-refractivity contribution < 1.29 is 11.0 Å². The summed E-state index contributed by atoms with van der Waals surface area (Å²) in [5.74, 6) is 0. The molecule has 0 aliphatic rings. The van der Waals surface area contributed by atoms with Crippen LogP contribution in [0.4, 0.5) is 0 Å².